The molecule has 1 aliphatic heterocycles. The van der Waals surface area contributed by atoms with Crippen molar-refractivity contribution in [3.63, 3.8) is 0 Å². The standard InChI is InChI=1S/C18H25Cl2N3O2/c1-13(2)11-18(25)23-9-7-22(8-10-23)6-5-17(24)21-16-12-14(19)3-4-15(16)20/h3-4,12-13H,5-11H2,1-2H3,(H,21,24). The Morgan fingerprint density at radius 1 is 1.16 bits per heavy atom. The Kier molecular flexibility index (Phi) is 7.54. The van der Waals surface area contributed by atoms with Gasteiger partial charge in [0.15, 0.2) is 0 Å². The van der Waals surface area contributed by atoms with E-state index in [4.69, 9.17) is 23.2 Å². The molecule has 0 unspecified atom stereocenters. The van der Waals surface area contributed by atoms with Gasteiger partial charge in [-0.15, -0.1) is 0 Å². The van der Waals surface area contributed by atoms with Gasteiger partial charge in [0.05, 0.1) is 10.7 Å². The second-order valence-electron chi connectivity index (χ2n) is 6.74. The molecule has 1 saturated heterocycles. The second kappa shape index (κ2) is 9.41. The fourth-order valence-electron chi connectivity index (χ4n) is 2.76. The van der Waals surface area contributed by atoms with Crippen molar-refractivity contribution < 1.29 is 9.59 Å². The van der Waals surface area contributed by atoms with Crippen molar-refractivity contribution in [1.29, 1.82) is 0 Å². The van der Waals surface area contributed by atoms with Gasteiger partial charge in [-0.1, -0.05) is 37.0 Å². The second-order valence-corrected chi connectivity index (χ2v) is 7.59. The summed E-state index contributed by atoms with van der Waals surface area (Å²) in [7, 11) is 0. The average Bonchev–Trinajstić information content (AvgIpc) is 2.56. The number of halogens is 2. The third-order valence-electron chi connectivity index (χ3n) is 4.17. The number of piperazine rings is 1. The maximum atomic E-state index is 12.1. The fraction of sp³-hybridized carbons (Fsp3) is 0.556. The first-order chi connectivity index (χ1) is 11.8. The molecule has 0 bridgehead atoms. The van der Waals surface area contributed by atoms with Crippen molar-refractivity contribution in [3.8, 4) is 0 Å². The Labute approximate surface area is 159 Å². The zero-order valence-electron chi connectivity index (χ0n) is 14.7. The molecule has 0 aromatic heterocycles. The molecule has 0 aliphatic carbocycles. The number of nitrogens with zero attached hydrogens (tertiary/aromatic N) is 2. The van der Waals surface area contributed by atoms with Crippen LogP contribution in [0.2, 0.25) is 10.0 Å². The van der Waals surface area contributed by atoms with Gasteiger partial charge in [0.25, 0.3) is 0 Å². The van der Waals surface area contributed by atoms with Crippen molar-refractivity contribution in [1.82, 2.24) is 9.80 Å². The van der Waals surface area contributed by atoms with E-state index in [1.807, 2.05) is 4.90 Å². The number of hydrogen-bond acceptors (Lipinski definition) is 3. The highest BCUT2D eigenvalue weighted by atomic mass is 35.5. The maximum Gasteiger partial charge on any atom is 0.225 e. The monoisotopic (exact) mass is 385 g/mol. The molecule has 2 amide bonds. The summed E-state index contributed by atoms with van der Waals surface area (Å²) in [6.45, 7) is 7.83. The molecule has 1 aromatic carbocycles. The largest absolute Gasteiger partial charge is 0.340 e. The van der Waals surface area contributed by atoms with Crippen LogP contribution in [0.3, 0.4) is 0 Å². The van der Waals surface area contributed by atoms with Gasteiger partial charge in [-0.05, 0) is 24.1 Å². The molecule has 138 valence electrons. The van der Waals surface area contributed by atoms with Crippen molar-refractivity contribution in [2.75, 3.05) is 38.0 Å². The molecule has 5 nitrogen and oxygen atoms in total. The van der Waals surface area contributed by atoms with Gasteiger partial charge in [0, 0.05) is 50.6 Å². The molecular weight excluding hydrogens is 361 g/mol. The Morgan fingerprint density at radius 2 is 1.84 bits per heavy atom. The van der Waals surface area contributed by atoms with E-state index < -0.39 is 0 Å². The Morgan fingerprint density at radius 3 is 2.48 bits per heavy atom. The number of amides is 2. The minimum absolute atomic E-state index is 0.0949. The number of rotatable bonds is 6. The molecule has 0 radical (unpaired) electrons. The molecule has 7 heteroatoms. The lowest BCUT2D eigenvalue weighted by atomic mass is 10.1. The maximum absolute atomic E-state index is 12.1. The van der Waals surface area contributed by atoms with Gasteiger partial charge >= 0.3 is 0 Å². The van der Waals surface area contributed by atoms with Crippen LogP contribution in [0.15, 0.2) is 18.2 Å². The van der Waals surface area contributed by atoms with Crippen molar-refractivity contribution in [3.05, 3.63) is 28.2 Å². The van der Waals surface area contributed by atoms with Gasteiger partial charge in [0.2, 0.25) is 11.8 Å². The van der Waals surface area contributed by atoms with E-state index in [1.165, 1.54) is 0 Å². The highest BCUT2D eigenvalue weighted by molar-refractivity contribution is 6.35. The summed E-state index contributed by atoms with van der Waals surface area (Å²) in [4.78, 5) is 28.3. The molecule has 0 saturated carbocycles. The number of benzene rings is 1. The quantitative estimate of drug-likeness (QED) is 0.814. The van der Waals surface area contributed by atoms with E-state index in [2.05, 4.69) is 24.1 Å². The first-order valence-corrected chi connectivity index (χ1v) is 9.35. The van der Waals surface area contributed by atoms with E-state index in [9.17, 15) is 9.59 Å². The number of carbonyl (C=O) groups is 2. The summed E-state index contributed by atoms with van der Waals surface area (Å²) in [6, 6.07) is 4.98. The summed E-state index contributed by atoms with van der Waals surface area (Å²) in [6.07, 6.45) is 0.978. The lowest BCUT2D eigenvalue weighted by Crippen LogP contribution is -2.49. The molecule has 1 heterocycles. The van der Waals surface area contributed by atoms with Gasteiger partial charge in [-0.2, -0.15) is 0 Å². The molecule has 1 N–H and O–H groups in total. The normalized spacial score (nSPS) is 15.5. The Balaban J connectivity index is 1.73. The van der Waals surface area contributed by atoms with Crippen molar-refractivity contribution >= 4 is 40.7 Å². The van der Waals surface area contributed by atoms with Crippen LogP contribution in [0.4, 0.5) is 5.69 Å². The number of anilines is 1. The van der Waals surface area contributed by atoms with Crippen LogP contribution in [0.1, 0.15) is 26.7 Å². The zero-order valence-corrected chi connectivity index (χ0v) is 16.2. The van der Waals surface area contributed by atoms with E-state index in [1.54, 1.807) is 18.2 Å². The van der Waals surface area contributed by atoms with Gasteiger partial charge in [-0.3, -0.25) is 14.5 Å². The van der Waals surface area contributed by atoms with Gasteiger partial charge in [0.1, 0.15) is 0 Å². The molecule has 1 aromatic rings. The first kappa shape index (κ1) is 20.0. The molecule has 0 atom stereocenters. The lowest BCUT2D eigenvalue weighted by Gasteiger charge is -2.35. The topological polar surface area (TPSA) is 52.7 Å². The summed E-state index contributed by atoms with van der Waals surface area (Å²) in [5.74, 6) is 0.512. The molecule has 2 rings (SSSR count). The van der Waals surface area contributed by atoms with Crippen molar-refractivity contribution in [2.24, 2.45) is 5.92 Å². The molecule has 0 spiro atoms. The smallest absolute Gasteiger partial charge is 0.225 e. The zero-order chi connectivity index (χ0) is 18.4. The lowest BCUT2D eigenvalue weighted by molar-refractivity contribution is -0.134. The SMILES string of the molecule is CC(C)CC(=O)N1CCN(CCC(=O)Nc2cc(Cl)ccc2Cl)CC1. The minimum Gasteiger partial charge on any atom is -0.340 e. The van der Waals surface area contributed by atoms with Crippen LogP contribution >= 0.6 is 23.2 Å². The highest BCUT2D eigenvalue weighted by Gasteiger charge is 2.21. The predicted molar refractivity (Wildman–Crippen MR) is 102 cm³/mol. The van der Waals surface area contributed by atoms with Crippen LogP contribution in [-0.2, 0) is 9.59 Å². The van der Waals surface area contributed by atoms with Crippen LogP contribution in [-0.4, -0.2) is 54.3 Å². The fourth-order valence-corrected chi connectivity index (χ4v) is 3.10. The van der Waals surface area contributed by atoms with Crippen molar-refractivity contribution in [2.45, 2.75) is 26.7 Å². The predicted octanol–water partition coefficient (Wildman–Crippen LogP) is 3.51. The average molecular weight is 386 g/mol. The minimum atomic E-state index is -0.0949. The number of carbonyl (C=O) groups excluding carboxylic acids is 2. The van der Waals surface area contributed by atoms with Crippen LogP contribution in [0.5, 0.6) is 0 Å². The van der Waals surface area contributed by atoms with E-state index in [0.29, 0.717) is 41.0 Å². The summed E-state index contributed by atoms with van der Waals surface area (Å²) >= 11 is 12.0. The number of nitrogens with one attached hydrogen (secondary N) is 1. The Bertz CT molecular complexity index is 614. The van der Waals surface area contributed by atoms with E-state index in [0.717, 1.165) is 26.2 Å². The molecular formula is C18H25Cl2N3O2. The van der Waals surface area contributed by atoms with Crippen LogP contribution in [0.25, 0.3) is 0 Å². The number of hydrogen-bond donors (Lipinski definition) is 1. The molecule has 25 heavy (non-hydrogen) atoms. The first-order valence-electron chi connectivity index (χ1n) is 8.60. The third kappa shape index (κ3) is 6.49. The van der Waals surface area contributed by atoms with E-state index in [-0.39, 0.29) is 11.8 Å². The highest BCUT2D eigenvalue weighted by Crippen LogP contribution is 2.25. The van der Waals surface area contributed by atoms with Gasteiger partial charge in [-0.25, -0.2) is 0 Å². The summed E-state index contributed by atoms with van der Waals surface area (Å²) < 4.78 is 0. The van der Waals surface area contributed by atoms with Crippen LogP contribution in [0, 0.1) is 5.92 Å². The third-order valence-corrected chi connectivity index (χ3v) is 4.73. The van der Waals surface area contributed by atoms with Gasteiger partial charge < -0.3 is 10.2 Å². The summed E-state index contributed by atoms with van der Waals surface area (Å²) in [5, 5.41) is 3.79. The Hall–Kier alpha value is -1.30. The summed E-state index contributed by atoms with van der Waals surface area (Å²) in [5.41, 5.74) is 0.531. The van der Waals surface area contributed by atoms with E-state index >= 15 is 0 Å². The van der Waals surface area contributed by atoms with Crippen LogP contribution < -0.4 is 5.32 Å². The molecule has 1 fully saturated rings. The molecule has 1 aliphatic rings.